The molecule has 0 aromatic carbocycles. The molecule has 2 aromatic heterocycles. The quantitative estimate of drug-likeness (QED) is 0.853. The fraction of sp³-hybridized carbons (Fsp3) is 0.364. The van der Waals surface area contributed by atoms with Crippen LogP contribution in [0.3, 0.4) is 0 Å². The summed E-state index contributed by atoms with van der Waals surface area (Å²) in [5.74, 6) is 0.561. The van der Waals surface area contributed by atoms with Crippen LogP contribution in [-0.2, 0) is 7.05 Å². The van der Waals surface area contributed by atoms with Gasteiger partial charge in [-0.1, -0.05) is 0 Å². The van der Waals surface area contributed by atoms with Crippen LogP contribution in [0.2, 0.25) is 0 Å². The fourth-order valence-electron chi connectivity index (χ4n) is 1.81. The van der Waals surface area contributed by atoms with E-state index in [9.17, 15) is 5.11 Å². The molecule has 0 radical (unpaired) electrons. The number of aliphatic hydroxyl groups excluding tert-OH is 1. The van der Waals surface area contributed by atoms with Gasteiger partial charge in [-0.05, 0) is 13.0 Å². The van der Waals surface area contributed by atoms with Gasteiger partial charge in [0.05, 0.1) is 30.9 Å². The minimum absolute atomic E-state index is 0.561. The van der Waals surface area contributed by atoms with Crippen LogP contribution < -0.4 is 4.74 Å². The molecule has 0 aliphatic heterocycles. The average molecular weight is 222 g/mol. The molecule has 5 heteroatoms. The largest absolute Gasteiger partial charge is 0.481 e. The summed E-state index contributed by atoms with van der Waals surface area (Å²) in [7, 11) is 3.33. The van der Waals surface area contributed by atoms with E-state index in [1.165, 1.54) is 12.5 Å². The summed E-state index contributed by atoms with van der Waals surface area (Å²) in [4.78, 5) is 0. The molecule has 0 saturated carbocycles. The number of nitrogens with zero attached hydrogens (tertiary/aromatic N) is 2. The Morgan fingerprint density at radius 1 is 1.56 bits per heavy atom. The van der Waals surface area contributed by atoms with Crippen molar-refractivity contribution in [3.8, 4) is 5.88 Å². The number of hydrogen-bond acceptors (Lipinski definition) is 4. The van der Waals surface area contributed by atoms with E-state index in [0.29, 0.717) is 17.0 Å². The number of aliphatic hydroxyl groups is 1. The molecule has 86 valence electrons. The maximum Gasteiger partial charge on any atom is 0.217 e. The Morgan fingerprint density at radius 2 is 2.31 bits per heavy atom. The van der Waals surface area contributed by atoms with Crippen LogP contribution in [0.25, 0.3) is 0 Å². The molecule has 1 atom stereocenters. The predicted molar refractivity (Wildman–Crippen MR) is 57.3 cm³/mol. The number of rotatable bonds is 3. The van der Waals surface area contributed by atoms with Crippen molar-refractivity contribution in [3.63, 3.8) is 0 Å². The molecule has 0 fully saturated rings. The van der Waals surface area contributed by atoms with Crippen LogP contribution in [0.4, 0.5) is 0 Å². The minimum Gasteiger partial charge on any atom is -0.481 e. The zero-order valence-corrected chi connectivity index (χ0v) is 9.47. The smallest absolute Gasteiger partial charge is 0.217 e. The lowest BCUT2D eigenvalue weighted by molar-refractivity contribution is 0.212. The SMILES string of the molecule is COc1c(C(O)c2ccoc2)c(C)nn1C. The van der Waals surface area contributed by atoms with Gasteiger partial charge in [-0.15, -0.1) is 0 Å². The Bertz CT molecular complexity index is 474. The highest BCUT2D eigenvalue weighted by atomic mass is 16.5. The number of methoxy groups -OCH3 is 1. The lowest BCUT2D eigenvalue weighted by Crippen LogP contribution is -2.02. The second-order valence-corrected chi connectivity index (χ2v) is 3.59. The normalized spacial score (nSPS) is 12.8. The highest BCUT2D eigenvalue weighted by molar-refractivity contribution is 5.38. The molecule has 2 aromatic rings. The third-order valence-electron chi connectivity index (χ3n) is 2.54. The maximum atomic E-state index is 10.2. The summed E-state index contributed by atoms with van der Waals surface area (Å²) in [6.45, 7) is 1.83. The molecule has 0 bridgehead atoms. The Labute approximate surface area is 93.3 Å². The molecular formula is C11H14N2O3. The molecule has 2 rings (SSSR count). The summed E-state index contributed by atoms with van der Waals surface area (Å²) in [5.41, 5.74) is 2.11. The number of aromatic nitrogens is 2. The molecule has 1 N–H and O–H groups in total. The van der Waals surface area contributed by atoms with Gasteiger partial charge in [0.25, 0.3) is 0 Å². The van der Waals surface area contributed by atoms with Gasteiger partial charge in [-0.2, -0.15) is 5.10 Å². The monoisotopic (exact) mass is 222 g/mol. The van der Waals surface area contributed by atoms with Gasteiger partial charge in [-0.3, -0.25) is 0 Å². The molecule has 0 amide bonds. The van der Waals surface area contributed by atoms with Crippen LogP contribution in [0.15, 0.2) is 23.0 Å². The van der Waals surface area contributed by atoms with E-state index in [1.54, 1.807) is 24.9 Å². The molecular weight excluding hydrogens is 208 g/mol. The second-order valence-electron chi connectivity index (χ2n) is 3.59. The van der Waals surface area contributed by atoms with Crippen LogP contribution in [0.5, 0.6) is 5.88 Å². The Hall–Kier alpha value is -1.75. The van der Waals surface area contributed by atoms with E-state index in [2.05, 4.69) is 5.10 Å². The van der Waals surface area contributed by atoms with Crippen molar-refractivity contribution in [3.05, 3.63) is 35.4 Å². The summed E-state index contributed by atoms with van der Waals surface area (Å²) in [6.07, 6.45) is 2.26. The van der Waals surface area contributed by atoms with Crippen molar-refractivity contribution in [1.82, 2.24) is 9.78 Å². The second kappa shape index (κ2) is 4.02. The maximum absolute atomic E-state index is 10.2. The van der Waals surface area contributed by atoms with Crippen molar-refractivity contribution in [1.29, 1.82) is 0 Å². The summed E-state index contributed by atoms with van der Waals surface area (Å²) in [6, 6.07) is 1.72. The number of ether oxygens (including phenoxy) is 1. The first-order valence-corrected chi connectivity index (χ1v) is 4.92. The zero-order chi connectivity index (χ0) is 11.7. The molecule has 1 unspecified atom stereocenters. The van der Waals surface area contributed by atoms with Crippen molar-refractivity contribution in [2.75, 3.05) is 7.11 Å². The van der Waals surface area contributed by atoms with Crippen LogP contribution in [-0.4, -0.2) is 22.0 Å². The first-order chi connectivity index (χ1) is 7.65. The van der Waals surface area contributed by atoms with Gasteiger partial charge in [-0.25, -0.2) is 4.68 Å². The van der Waals surface area contributed by atoms with Gasteiger partial charge < -0.3 is 14.3 Å². The van der Waals surface area contributed by atoms with E-state index >= 15 is 0 Å². The standard InChI is InChI=1S/C11H14N2O3/c1-7-9(11(15-3)13(2)12-7)10(14)8-4-5-16-6-8/h4-6,10,14H,1-3H3. The third-order valence-corrected chi connectivity index (χ3v) is 2.54. The van der Waals surface area contributed by atoms with Crippen molar-refractivity contribution >= 4 is 0 Å². The first-order valence-electron chi connectivity index (χ1n) is 4.92. The molecule has 0 aliphatic carbocycles. The molecule has 5 nitrogen and oxygen atoms in total. The number of hydrogen-bond donors (Lipinski definition) is 1. The van der Waals surface area contributed by atoms with E-state index in [1.807, 2.05) is 6.92 Å². The van der Waals surface area contributed by atoms with Crippen LogP contribution in [0, 0.1) is 6.92 Å². The summed E-state index contributed by atoms with van der Waals surface area (Å²) >= 11 is 0. The van der Waals surface area contributed by atoms with E-state index in [4.69, 9.17) is 9.15 Å². The van der Waals surface area contributed by atoms with Crippen LogP contribution >= 0.6 is 0 Å². The van der Waals surface area contributed by atoms with E-state index in [-0.39, 0.29) is 0 Å². The lowest BCUT2D eigenvalue weighted by atomic mass is 10.1. The van der Waals surface area contributed by atoms with Crippen LogP contribution in [0.1, 0.15) is 22.9 Å². The van der Waals surface area contributed by atoms with E-state index in [0.717, 1.165) is 5.69 Å². The molecule has 0 saturated heterocycles. The van der Waals surface area contributed by atoms with Crippen molar-refractivity contribution in [2.24, 2.45) is 7.05 Å². The van der Waals surface area contributed by atoms with Gasteiger partial charge in [0.15, 0.2) is 0 Å². The molecule has 0 aliphatic rings. The van der Waals surface area contributed by atoms with Gasteiger partial charge >= 0.3 is 0 Å². The lowest BCUT2D eigenvalue weighted by Gasteiger charge is -2.10. The van der Waals surface area contributed by atoms with Gasteiger partial charge in [0.1, 0.15) is 6.10 Å². The number of aryl methyl sites for hydroxylation is 2. The van der Waals surface area contributed by atoms with Crippen molar-refractivity contribution in [2.45, 2.75) is 13.0 Å². The molecule has 2 heterocycles. The Morgan fingerprint density at radius 3 is 2.88 bits per heavy atom. The first kappa shape index (κ1) is 10.8. The third kappa shape index (κ3) is 1.59. The fourth-order valence-corrected chi connectivity index (χ4v) is 1.81. The average Bonchev–Trinajstić information content (AvgIpc) is 2.84. The molecule has 0 spiro atoms. The highest BCUT2D eigenvalue weighted by Crippen LogP contribution is 2.32. The van der Waals surface area contributed by atoms with Gasteiger partial charge in [0.2, 0.25) is 5.88 Å². The zero-order valence-electron chi connectivity index (χ0n) is 9.47. The topological polar surface area (TPSA) is 60.4 Å². The predicted octanol–water partition coefficient (Wildman–Crippen LogP) is 1.41. The number of furan rings is 1. The van der Waals surface area contributed by atoms with E-state index < -0.39 is 6.10 Å². The van der Waals surface area contributed by atoms with Gasteiger partial charge in [0, 0.05) is 12.6 Å². The highest BCUT2D eigenvalue weighted by Gasteiger charge is 2.23. The summed E-state index contributed by atoms with van der Waals surface area (Å²) in [5, 5.41) is 14.4. The summed E-state index contributed by atoms with van der Waals surface area (Å²) < 4.78 is 11.8. The molecule has 16 heavy (non-hydrogen) atoms. The Balaban J connectivity index is 2.47. The minimum atomic E-state index is -0.776. The van der Waals surface area contributed by atoms with Crippen molar-refractivity contribution < 1.29 is 14.3 Å². The Kier molecular flexibility index (Phi) is 2.70.